The van der Waals surface area contributed by atoms with E-state index >= 15 is 0 Å². The maximum absolute atomic E-state index is 10.9. The van der Waals surface area contributed by atoms with E-state index in [0.717, 1.165) is 13.0 Å². The van der Waals surface area contributed by atoms with Crippen LogP contribution >= 0.6 is 12.6 Å². The van der Waals surface area contributed by atoms with Crippen LogP contribution in [-0.2, 0) is 4.79 Å². The number of thiol groups is 1. The first-order valence-electron chi connectivity index (χ1n) is 3.19. The molecule has 0 radical (unpaired) electrons. The van der Waals surface area contributed by atoms with Gasteiger partial charge in [-0.15, -0.1) is 0 Å². The third-order valence-corrected chi connectivity index (χ3v) is 2.09. The Morgan fingerprint density at radius 1 is 1.78 bits per heavy atom. The fourth-order valence-corrected chi connectivity index (χ4v) is 1.37. The molecule has 1 atom stereocenters. The molecule has 1 aliphatic heterocycles. The first kappa shape index (κ1) is 7.09. The van der Waals surface area contributed by atoms with E-state index in [9.17, 15) is 4.79 Å². The second-order valence-corrected chi connectivity index (χ2v) is 2.68. The van der Waals surface area contributed by atoms with E-state index in [1.54, 1.807) is 0 Å². The van der Waals surface area contributed by atoms with Gasteiger partial charge >= 0.3 is 0 Å². The van der Waals surface area contributed by atoms with Crippen LogP contribution in [0.15, 0.2) is 0 Å². The lowest BCUT2D eigenvalue weighted by Crippen LogP contribution is -2.37. The van der Waals surface area contributed by atoms with E-state index < -0.39 is 0 Å². The SMILES string of the molecule is O=C1CNCCC1CS. The maximum Gasteiger partial charge on any atom is 0.150 e. The van der Waals surface area contributed by atoms with Gasteiger partial charge in [0.2, 0.25) is 0 Å². The fourth-order valence-electron chi connectivity index (χ4n) is 0.986. The number of rotatable bonds is 1. The molecule has 0 aliphatic carbocycles. The highest BCUT2D eigenvalue weighted by Crippen LogP contribution is 2.08. The van der Waals surface area contributed by atoms with Gasteiger partial charge < -0.3 is 5.32 Å². The van der Waals surface area contributed by atoms with Crippen molar-refractivity contribution in [3.63, 3.8) is 0 Å². The number of hydrogen-bond donors (Lipinski definition) is 2. The summed E-state index contributed by atoms with van der Waals surface area (Å²) in [6.07, 6.45) is 0.961. The van der Waals surface area contributed by atoms with Crippen LogP contribution in [0.3, 0.4) is 0 Å². The summed E-state index contributed by atoms with van der Waals surface area (Å²) in [7, 11) is 0. The molecule has 1 N–H and O–H groups in total. The van der Waals surface area contributed by atoms with Crippen LogP contribution in [0.2, 0.25) is 0 Å². The number of carbonyl (C=O) groups excluding carboxylic acids is 1. The lowest BCUT2D eigenvalue weighted by Gasteiger charge is -2.18. The molecule has 1 fully saturated rings. The number of hydrogen-bond acceptors (Lipinski definition) is 3. The third-order valence-electron chi connectivity index (χ3n) is 1.64. The van der Waals surface area contributed by atoms with E-state index in [-0.39, 0.29) is 5.92 Å². The van der Waals surface area contributed by atoms with E-state index in [2.05, 4.69) is 17.9 Å². The van der Waals surface area contributed by atoms with E-state index in [0.29, 0.717) is 18.1 Å². The van der Waals surface area contributed by atoms with Crippen molar-refractivity contribution in [2.75, 3.05) is 18.8 Å². The number of piperidine rings is 1. The standard InChI is InChI=1S/C6H11NOS/c8-6-3-7-2-1-5(6)4-9/h5,7,9H,1-4H2. The summed E-state index contributed by atoms with van der Waals surface area (Å²) in [5.74, 6) is 1.24. The van der Waals surface area contributed by atoms with Gasteiger partial charge in [-0.05, 0) is 13.0 Å². The van der Waals surface area contributed by atoms with Gasteiger partial charge in [0, 0.05) is 11.7 Å². The molecular formula is C6H11NOS. The molecule has 9 heavy (non-hydrogen) atoms. The summed E-state index contributed by atoms with van der Waals surface area (Å²) in [5.41, 5.74) is 0. The number of carbonyl (C=O) groups is 1. The normalized spacial score (nSPS) is 28.6. The van der Waals surface area contributed by atoms with Crippen molar-refractivity contribution >= 4 is 18.4 Å². The molecule has 1 saturated heterocycles. The predicted molar refractivity (Wildman–Crippen MR) is 39.8 cm³/mol. The highest BCUT2D eigenvalue weighted by Gasteiger charge is 2.19. The van der Waals surface area contributed by atoms with Gasteiger partial charge in [0.05, 0.1) is 6.54 Å². The highest BCUT2D eigenvalue weighted by atomic mass is 32.1. The molecule has 1 unspecified atom stereocenters. The van der Waals surface area contributed by atoms with Gasteiger partial charge in [-0.25, -0.2) is 0 Å². The van der Waals surface area contributed by atoms with Crippen molar-refractivity contribution in [3.05, 3.63) is 0 Å². The Hall–Kier alpha value is -0.0200. The molecule has 0 bridgehead atoms. The van der Waals surface area contributed by atoms with Gasteiger partial charge in [-0.1, -0.05) is 0 Å². The number of ketones is 1. The molecule has 0 amide bonds. The Balaban J connectivity index is 2.39. The summed E-state index contributed by atoms with van der Waals surface area (Å²) < 4.78 is 0. The van der Waals surface area contributed by atoms with Crippen molar-refractivity contribution in [2.45, 2.75) is 6.42 Å². The summed E-state index contributed by atoms with van der Waals surface area (Å²) >= 11 is 4.07. The Morgan fingerprint density at radius 2 is 2.56 bits per heavy atom. The van der Waals surface area contributed by atoms with Crippen molar-refractivity contribution in [2.24, 2.45) is 5.92 Å². The highest BCUT2D eigenvalue weighted by molar-refractivity contribution is 7.80. The van der Waals surface area contributed by atoms with E-state index in [4.69, 9.17) is 0 Å². The van der Waals surface area contributed by atoms with Crippen LogP contribution in [0.25, 0.3) is 0 Å². The van der Waals surface area contributed by atoms with Crippen LogP contribution in [0.5, 0.6) is 0 Å². The van der Waals surface area contributed by atoms with Crippen LogP contribution in [0, 0.1) is 5.92 Å². The van der Waals surface area contributed by atoms with Crippen molar-refractivity contribution in [1.82, 2.24) is 5.32 Å². The minimum absolute atomic E-state index is 0.217. The molecule has 0 spiro atoms. The molecule has 0 aromatic heterocycles. The second-order valence-electron chi connectivity index (χ2n) is 2.31. The van der Waals surface area contributed by atoms with Gasteiger partial charge in [-0.2, -0.15) is 12.6 Å². The minimum atomic E-state index is 0.217. The van der Waals surface area contributed by atoms with Gasteiger partial charge in [0.25, 0.3) is 0 Å². The molecule has 2 nitrogen and oxygen atoms in total. The molecule has 0 aromatic rings. The topological polar surface area (TPSA) is 29.1 Å². The summed E-state index contributed by atoms with van der Waals surface area (Å²) in [6, 6.07) is 0. The summed E-state index contributed by atoms with van der Waals surface area (Å²) in [4.78, 5) is 10.9. The predicted octanol–water partition coefficient (Wildman–Crippen LogP) is 0.0948. The minimum Gasteiger partial charge on any atom is -0.310 e. The zero-order valence-electron chi connectivity index (χ0n) is 5.26. The zero-order valence-corrected chi connectivity index (χ0v) is 6.16. The molecule has 0 aromatic carbocycles. The fraction of sp³-hybridized carbons (Fsp3) is 0.833. The molecule has 3 heteroatoms. The summed E-state index contributed by atoms with van der Waals surface area (Å²) in [5, 5.41) is 3.02. The Kier molecular flexibility index (Phi) is 2.54. The zero-order chi connectivity index (χ0) is 6.69. The third kappa shape index (κ3) is 1.69. The van der Waals surface area contributed by atoms with E-state index in [1.807, 2.05) is 0 Å². The molecule has 1 rings (SSSR count). The molecule has 0 saturated carbocycles. The Labute approximate surface area is 60.4 Å². The smallest absolute Gasteiger partial charge is 0.150 e. The van der Waals surface area contributed by atoms with Crippen LogP contribution in [0.4, 0.5) is 0 Å². The average Bonchev–Trinajstić information content (AvgIpc) is 1.89. The summed E-state index contributed by atoms with van der Waals surface area (Å²) in [6.45, 7) is 1.52. The van der Waals surface area contributed by atoms with Crippen molar-refractivity contribution in [1.29, 1.82) is 0 Å². The molecular weight excluding hydrogens is 134 g/mol. The monoisotopic (exact) mass is 145 g/mol. The van der Waals surface area contributed by atoms with Gasteiger partial charge in [0.15, 0.2) is 5.78 Å². The lowest BCUT2D eigenvalue weighted by molar-refractivity contribution is -0.122. The largest absolute Gasteiger partial charge is 0.310 e. The van der Waals surface area contributed by atoms with Gasteiger partial charge in [-0.3, -0.25) is 4.79 Å². The molecule has 52 valence electrons. The lowest BCUT2D eigenvalue weighted by atomic mass is 9.99. The Bertz CT molecular complexity index is 116. The van der Waals surface area contributed by atoms with Gasteiger partial charge in [0.1, 0.15) is 0 Å². The van der Waals surface area contributed by atoms with Crippen LogP contribution in [-0.4, -0.2) is 24.6 Å². The Morgan fingerprint density at radius 3 is 3.00 bits per heavy atom. The quantitative estimate of drug-likeness (QED) is 0.512. The van der Waals surface area contributed by atoms with Crippen molar-refractivity contribution < 1.29 is 4.79 Å². The number of nitrogens with one attached hydrogen (secondary N) is 1. The molecule has 1 aliphatic rings. The second kappa shape index (κ2) is 3.22. The maximum atomic E-state index is 10.9. The average molecular weight is 145 g/mol. The first-order valence-corrected chi connectivity index (χ1v) is 3.82. The van der Waals surface area contributed by atoms with Crippen LogP contribution in [0.1, 0.15) is 6.42 Å². The molecule has 1 heterocycles. The first-order chi connectivity index (χ1) is 4.34. The van der Waals surface area contributed by atoms with E-state index in [1.165, 1.54) is 0 Å². The van der Waals surface area contributed by atoms with Crippen LogP contribution < -0.4 is 5.32 Å². The number of Topliss-reactive ketones (excluding diaryl/α,β-unsaturated/α-hetero) is 1. The van der Waals surface area contributed by atoms with Crippen molar-refractivity contribution in [3.8, 4) is 0 Å².